The first kappa shape index (κ1) is 37.8. The molecule has 2 aliphatic carbocycles. The molecule has 0 bridgehead atoms. The molecule has 0 radical (unpaired) electrons. The number of ether oxygens (including phenoxy) is 4. The van der Waals surface area contributed by atoms with Gasteiger partial charge in [-0.1, -0.05) is 72.9 Å². The van der Waals surface area contributed by atoms with Crippen molar-refractivity contribution < 1.29 is 28.8 Å². The van der Waals surface area contributed by atoms with Gasteiger partial charge < -0.3 is 24.1 Å². The quantitative estimate of drug-likeness (QED) is 0.0923. The van der Waals surface area contributed by atoms with Gasteiger partial charge in [0.25, 0.3) is 10.4 Å². The second-order valence-corrected chi connectivity index (χ2v) is 16.1. The van der Waals surface area contributed by atoms with Crippen molar-refractivity contribution in [3.05, 3.63) is 96.1 Å². The van der Waals surface area contributed by atoms with E-state index in [9.17, 15) is 9.90 Å². The zero-order valence-corrected chi connectivity index (χ0v) is 32.6. The summed E-state index contributed by atoms with van der Waals surface area (Å²) in [6, 6.07) is 28.0. The molecule has 0 aliphatic heterocycles. The van der Waals surface area contributed by atoms with Crippen LogP contribution in [-0.2, 0) is 17.6 Å². The van der Waals surface area contributed by atoms with E-state index in [-0.39, 0.29) is 11.9 Å². The first-order valence-electron chi connectivity index (χ1n) is 19.2. The van der Waals surface area contributed by atoms with E-state index >= 15 is 0 Å². The van der Waals surface area contributed by atoms with Crippen molar-refractivity contribution in [1.82, 2.24) is 9.97 Å². The molecule has 1 unspecified atom stereocenters. The number of rotatable bonds is 18. The summed E-state index contributed by atoms with van der Waals surface area (Å²) >= 11 is 3.06. The molecule has 0 amide bonds. The first-order valence-corrected chi connectivity index (χ1v) is 20.8. The van der Waals surface area contributed by atoms with Gasteiger partial charge in [0.1, 0.15) is 5.78 Å². The molecule has 10 heteroatoms. The van der Waals surface area contributed by atoms with Crippen LogP contribution in [0.1, 0.15) is 76.3 Å². The minimum atomic E-state index is -0.250. The number of carbonyl (C=O) groups excluding carboxylic acids is 1. The van der Waals surface area contributed by atoms with Gasteiger partial charge in [-0.05, 0) is 123 Å². The number of fused-ring (bicyclic) bond motifs is 2. The SMILES string of the molecule is CCC(=O)CCc1ccc(Oc2nc3ccccc3s2)c(OCC2CC2)c1.CCC(O)CCc1ccc(Oc2nc3ccccc3s2)c(OCC2CC2)c1. The van der Waals surface area contributed by atoms with Gasteiger partial charge in [0.2, 0.25) is 0 Å². The van der Waals surface area contributed by atoms with Crippen LogP contribution in [0.5, 0.6) is 33.4 Å². The summed E-state index contributed by atoms with van der Waals surface area (Å²) in [5, 5.41) is 11.1. The average Bonchev–Trinajstić information content (AvgIpc) is 4.13. The number of aryl methyl sites for hydroxylation is 2. The normalized spacial score (nSPS) is 14.4. The summed E-state index contributed by atoms with van der Waals surface area (Å²) in [6.45, 7) is 5.36. The molecule has 54 heavy (non-hydrogen) atoms. The largest absolute Gasteiger partial charge is 0.489 e. The molecule has 2 fully saturated rings. The number of thiazole rings is 2. The summed E-state index contributed by atoms with van der Waals surface area (Å²) in [5.74, 6) is 4.50. The van der Waals surface area contributed by atoms with E-state index in [0.717, 1.165) is 75.3 Å². The highest BCUT2D eigenvalue weighted by molar-refractivity contribution is 7.20. The summed E-state index contributed by atoms with van der Waals surface area (Å²) in [5.41, 5.74) is 4.14. The van der Waals surface area contributed by atoms with E-state index < -0.39 is 0 Å². The Morgan fingerprint density at radius 1 is 0.704 bits per heavy atom. The van der Waals surface area contributed by atoms with Crippen LogP contribution in [0.25, 0.3) is 20.4 Å². The van der Waals surface area contributed by atoms with Crippen LogP contribution >= 0.6 is 22.7 Å². The van der Waals surface area contributed by atoms with Crippen molar-refractivity contribution >= 4 is 48.9 Å². The van der Waals surface area contributed by atoms with Crippen LogP contribution in [0.15, 0.2) is 84.9 Å². The molecule has 8 nitrogen and oxygen atoms in total. The smallest absolute Gasteiger partial charge is 0.279 e. The summed E-state index contributed by atoms with van der Waals surface area (Å²) in [6.07, 6.45) is 8.97. The Morgan fingerprint density at radius 3 is 1.67 bits per heavy atom. The predicted octanol–water partition coefficient (Wildman–Crippen LogP) is 11.4. The minimum absolute atomic E-state index is 0.250. The first-order chi connectivity index (χ1) is 26.4. The van der Waals surface area contributed by atoms with E-state index in [0.29, 0.717) is 53.2 Å². The third-order valence-corrected chi connectivity index (χ3v) is 11.5. The van der Waals surface area contributed by atoms with E-state index in [1.54, 1.807) is 0 Å². The topological polar surface area (TPSA) is 100 Å². The fraction of sp³-hybridized carbons (Fsp3) is 0.386. The number of para-hydroxylation sites is 2. The molecule has 1 N–H and O–H groups in total. The molecule has 2 aromatic heterocycles. The van der Waals surface area contributed by atoms with Crippen molar-refractivity contribution in [2.75, 3.05) is 13.2 Å². The van der Waals surface area contributed by atoms with Gasteiger partial charge in [-0.3, -0.25) is 4.79 Å². The predicted molar refractivity (Wildman–Crippen MR) is 217 cm³/mol. The molecule has 8 rings (SSSR count). The number of hydrogen-bond acceptors (Lipinski definition) is 10. The van der Waals surface area contributed by atoms with Crippen LogP contribution in [0.4, 0.5) is 0 Å². The number of nitrogens with zero attached hydrogens (tertiary/aromatic N) is 2. The molecular weight excluding hydrogens is 717 g/mol. The summed E-state index contributed by atoms with van der Waals surface area (Å²) in [4.78, 5) is 20.7. The lowest BCUT2D eigenvalue weighted by molar-refractivity contribution is -0.118. The lowest BCUT2D eigenvalue weighted by Crippen LogP contribution is -2.06. The lowest BCUT2D eigenvalue weighted by atomic mass is 10.0. The number of ketones is 1. The van der Waals surface area contributed by atoms with Gasteiger partial charge in [-0.2, -0.15) is 0 Å². The Morgan fingerprint density at radius 2 is 1.20 bits per heavy atom. The van der Waals surface area contributed by atoms with Gasteiger partial charge in [0.05, 0.1) is 39.8 Å². The molecule has 0 spiro atoms. The number of aromatic nitrogens is 2. The van der Waals surface area contributed by atoms with Gasteiger partial charge in [0, 0.05) is 12.8 Å². The molecule has 1 atom stereocenters. The molecule has 0 saturated heterocycles. The third-order valence-electron chi connectivity index (χ3n) is 9.63. The summed E-state index contributed by atoms with van der Waals surface area (Å²) in [7, 11) is 0. The zero-order chi connectivity index (χ0) is 37.3. The maximum atomic E-state index is 11.6. The Bertz CT molecular complexity index is 2090. The highest BCUT2D eigenvalue weighted by Crippen LogP contribution is 2.40. The lowest BCUT2D eigenvalue weighted by Gasteiger charge is -2.13. The monoisotopic (exact) mass is 764 g/mol. The maximum Gasteiger partial charge on any atom is 0.279 e. The highest BCUT2D eigenvalue weighted by Gasteiger charge is 2.24. The van der Waals surface area contributed by atoms with Crippen LogP contribution in [0, 0.1) is 11.8 Å². The van der Waals surface area contributed by atoms with Crippen LogP contribution in [0.2, 0.25) is 0 Å². The summed E-state index contributed by atoms with van der Waals surface area (Å²) < 4.78 is 26.5. The van der Waals surface area contributed by atoms with Gasteiger partial charge >= 0.3 is 0 Å². The maximum absolute atomic E-state index is 11.6. The van der Waals surface area contributed by atoms with Crippen molar-refractivity contribution in [1.29, 1.82) is 0 Å². The Kier molecular flexibility index (Phi) is 12.7. The van der Waals surface area contributed by atoms with Gasteiger partial charge in [-0.25, -0.2) is 9.97 Å². The standard InChI is InChI=1S/C22H25NO3S.C22H23NO3S/c2*1-2-17(24)11-9-15-10-12-19(20(13-15)25-14-16-7-8-16)26-22-23-18-5-3-4-6-21(18)27-22/h3-6,10,12-13,16-17,24H,2,7-9,11,14H2,1H3;3-6,10,12-13,16H,2,7-9,11,14H2,1H3. The fourth-order valence-electron chi connectivity index (χ4n) is 5.77. The molecule has 2 aliphatic rings. The molecule has 6 aromatic rings. The van der Waals surface area contributed by atoms with Crippen molar-refractivity contribution in [3.8, 4) is 33.4 Å². The van der Waals surface area contributed by atoms with Crippen LogP contribution in [0.3, 0.4) is 0 Å². The number of aliphatic hydroxyl groups excluding tert-OH is 1. The molecule has 282 valence electrons. The Labute approximate surface area is 325 Å². The average molecular weight is 765 g/mol. The molecule has 4 aromatic carbocycles. The van der Waals surface area contributed by atoms with Gasteiger partial charge in [-0.15, -0.1) is 0 Å². The second kappa shape index (κ2) is 18.2. The van der Waals surface area contributed by atoms with Crippen molar-refractivity contribution in [3.63, 3.8) is 0 Å². The third kappa shape index (κ3) is 10.8. The second-order valence-electron chi connectivity index (χ2n) is 14.2. The van der Waals surface area contributed by atoms with Crippen molar-refractivity contribution in [2.24, 2.45) is 11.8 Å². The van der Waals surface area contributed by atoms with E-state index in [1.165, 1.54) is 48.4 Å². The van der Waals surface area contributed by atoms with Crippen LogP contribution in [-0.4, -0.2) is 40.2 Å². The van der Waals surface area contributed by atoms with Gasteiger partial charge in [0.15, 0.2) is 23.0 Å². The Hall–Kier alpha value is -4.51. The van der Waals surface area contributed by atoms with E-state index in [4.69, 9.17) is 18.9 Å². The fourth-order valence-corrected chi connectivity index (χ4v) is 7.43. The molecule has 2 heterocycles. The molecular formula is C44H48N2O6S2. The number of hydrogen-bond donors (Lipinski definition) is 1. The molecule has 2 saturated carbocycles. The zero-order valence-electron chi connectivity index (χ0n) is 31.0. The Balaban J connectivity index is 0.000000167. The highest BCUT2D eigenvalue weighted by atomic mass is 32.1. The van der Waals surface area contributed by atoms with Crippen LogP contribution < -0.4 is 18.9 Å². The number of Topliss-reactive ketones (excluding diaryl/α,β-unsaturated/α-hetero) is 1. The number of benzene rings is 4. The number of carbonyl (C=O) groups is 1. The van der Waals surface area contributed by atoms with E-state index in [2.05, 4.69) is 16.0 Å². The minimum Gasteiger partial charge on any atom is -0.489 e. The van der Waals surface area contributed by atoms with E-state index in [1.807, 2.05) is 92.7 Å². The number of aliphatic hydroxyl groups is 1. The van der Waals surface area contributed by atoms with Crippen molar-refractivity contribution in [2.45, 2.75) is 84.2 Å².